The first-order chi connectivity index (χ1) is 8.02. The molecule has 1 aliphatic rings. The third kappa shape index (κ3) is 2.28. The van der Waals surface area contributed by atoms with Gasteiger partial charge in [0.1, 0.15) is 0 Å². The van der Waals surface area contributed by atoms with Crippen LogP contribution in [0, 0.1) is 5.92 Å². The van der Waals surface area contributed by atoms with Crippen LogP contribution in [0.1, 0.15) is 19.4 Å². The minimum absolute atomic E-state index is 0.0487. The molecule has 3 nitrogen and oxygen atoms in total. The Morgan fingerprint density at radius 2 is 1.94 bits per heavy atom. The fourth-order valence-electron chi connectivity index (χ4n) is 1.97. The first-order valence-electron chi connectivity index (χ1n) is 5.38. The lowest BCUT2D eigenvalue weighted by Gasteiger charge is -2.17. The van der Waals surface area contributed by atoms with Crippen molar-refractivity contribution in [1.29, 1.82) is 0 Å². The molecule has 1 aromatic carbocycles. The summed E-state index contributed by atoms with van der Waals surface area (Å²) in [6.45, 7) is 3.61. The van der Waals surface area contributed by atoms with Gasteiger partial charge in [-0.1, -0.05) is 41.3 Å². The standard InChI is InChI=1S/C12H13Cl2NO2/c1-6-11(15-17-12(6)7(2)16)10-8(13)4-3-5-9(10)14/h3-7,12,16H,1-2H3/t6-,7-,12-/m1/s1. The molecule has 0 bridgehead atoms. The number of rotatable bonds is 2. The van der Waals surface area contributed by atoms with Crippen LogP contribution in [0.2, 0.25) is 10.0 Å². The Hall–Kier alpha value is -0.770. The lowest BCUT2D eigenvalue weighted by molar-refractivity contribution is -0.0242. The topological polar surface area (TPSA) is 41.8 Å². The van der Waals surface area contributed by atoms with E-state index in [0.717, 1.165) is 0 Å². The van der Waals surface area contributed by atoms with Gasteiger partial charge in [0.15, 0.2) is 6.10 Å². The zero-order valence-electron chi connectivity index (χ0n) is 9.52. The molecule has 0 spiro atoms. The Kier molecular flexibility index (Phi) is 3.61. The number of aliphatic hydroxyl groups is 1. The second kappa shape index (κ2) is 4.84. The highest BCUT2D eigenvalue weighted by molar-refractivity contribution is 6.40. The van der Waals surface area contributed by atoms with Crippen LogP contribution in [-0.2, 0) is 4.84 Å². The molecule has 0 saturated carbocycles. The van der Waals surface area contributed by atoms with Gasteiger partial charge in [0.25, 0.3) is 0 Å². The Labute approximate surface area is 110 Å². The molecule has 0 aromatic heterocycles. The molecule has 0 aliphatic carbocycles. The summed E-state index contributed by atoms with van der Waals surface area (Å²) in [7, 11) is 0. The molecular weight excluding hydrogens is 261 g/mol. The SMILES string of the molecule is C[C@@H]1C(c2c(Cl)cccc2Cl)=NO[C@H]1[C@@H](C)O. The normalized spacial score (nSPS) is 25.4. The predicted molar refractivity (Wildman–Crippen MR) is 68.7 cm³/mol. The number of aliphatic hydroxyl groups excluding tert-OH is 1. The second-order valence-corrected chi connectivity index (χ2v) is 4.99. The molecule has 0 fully saturated rings. The maximum Gasteiger partial charge on any atom is 0.161 e. The average molecular weight is 274 g/mol. The molecule has 1 heterocycles. The summed E-state index contributed by atoms with van der Waals surface area (Å²) in [5, 5.41) is 14.6. The smallest absolute Gasteiger partial charge is 0.161 e. The summed E-state index contributed by atoms with van der Waals surface area (Å²) in [5.74, 6) is -0.0487. The number of oxime groups is 1. The zero-order valence-corrected chi connectivity index (χ0v) is 11.0. The van der Waals surface area contributed by atoms with E-state index in [1.54, 1.807) is 25.1 Å². The highest BCUT2D eigenvalue weighted by Crippen LogP contribution is 2.32. The maximum absolute atomic E-state index is 9.56. The van der Waals surface area contributed by atoms with Gasteiger partial charge >= 0.3 is 0 Å². The zero-order chi connectivity index (χ0) is 12.6. The van der Waals surface area contributed by atoms with Crippen LogP contribution in [0.15, 0.2) is 23.4 Å². The van der Waals surface area contributed by atoms with Crippen molar-refractivity contribution in [3.63, 3.8) is 0 Å². The van der Waals surface area contributed by atoms with E-state index in [4.69, 9.17) is 28.0 Å². The quantitative estimate of drug-likeness (QED) is 0.900. The van der Waals surface area contributed by atoms with E-state index in [0.29, 0.717) is 21.3 Å². The molecule has 1 N–H and O–H groups in total. The third-order valence-electron chi connectivity index (χ3n) is 2.89. The highest BCUT2D eigenvalue weighted by atomic mass is 35.5. The fraction of sp³-hybridized carbons (Fsp3) is 0.417. The number of benzene rings is 1. The summed E-state index contributed by atoms with van der Waals surface area (Å²) in [6, 6.07) is 5.29. The van der Waals surface area contributed by atoms with Gasteiger partial charge in [-0.15, -0.1) is 0 Å². The number of hydrogen-bond acceptors (Lipinski definition) is 3. The third-order valence-corrected chi connectivity index (χ3v) is 3.52. The Morgan fingerprint density at radius 3 is 2.41 bits per heavy atom. The second-order valence-electron chi connectivity index (χ2n) is 4.17. The lowest BCUT2D eigenvalue weighted by atomic mass is 9.92. The van der Waals surface area contributed by atoms with Gasteiger partial charge in [0.05, 0.1) is 21.9 Å². The van der Waals surface area contributed by atoms with Crippen LogP contribution < -0.4 is 0 Å². The van der Waals surface area contributed by atoms with Crippen LogP contribution in [0.5, 0.6) is 0 Å². The molecular formula is C12H13Cl2NO2. The van der Waals surface area contributed by atoms with E-state index in [1.165, 1.54) is 0 Å². The van der Waals surface area contributed by atoms with Crippen LogP contribution in [0.4, 0.5) is 0 Å². The maximum atomic E-state index is 9.56. The van der Waals surface area contributed by atoms with Gasteiger partial charge in [-0.3, -0.25) is 0 Å². The van der Waals surface area contributed by atoms with Crippen LogP contribution >= 0.6 is 23.2 Å². The number of hydrogen-bond donors (Lipinski definition) is 1. The van der Waals surface area contributed by atoms with Gasteiger partial charge in [-0.2, -0.15) is 0 Å². The van der Waals surface area contributed by atoms with Crippen molar-refractivity contribution in [3.05, 3.63) is 33.8 Å². The Balaban J connectivity index is 2.37. The molecule has 5 heteroatoms. The molecule has 92 valence electrons. The van der Waals surface area contributed by atoms with Gasteiger partial charge in [0.2, 0.25) is 0 Å². The van der Waals surface area contributed by atoms with E-state index in [1.807, 2.05) is 6.92 Å². The molecule has 0 radical (unpaired) electrons. The minimum atomic E-state index is -0.590. The summed E-state index contributed by atoms with van der Waals surface area (Å²) >= 11 is 12.2. The largest absolute Gasteiger partial charge is 0.389 e. The number of nitrogens with zero attached hydrogens (tertiary/aromatic N) is 1. The summed E-state index contributed by atoms with van der Waals surface area (Å²) in [6.07, 6.45) is -0.940. The van der Waals surface area contributed by atoms with Crippen molar-refractivity contribution in [2.75, 3.05) is 0 Å². The van der Waals surface area contributed by atoms with Crippen molar-refractivity contribution >= 4 is 28.9 Å². The molecule has 3 atom stereocenters. The van der Waals surface area contributed by atoms with Crippen molar-refractivity contribution in [2.24, 2.45) is 11.1 Å². The molecule has 1 aromatic rings. The number of halogens is 2. The Bertz CT molecular complexity index is 440. The van der Waals surface area contributed by atoms with Crippen molar-refractivity contribution in [2.45, 2.75) is 26.1 Å². The first-order valence-corrected chi connectivity index (χ1v) is 6.14. The van der Waals surface area contributed by atoms with E-state index in [2.05, 4.69) is 5.16 Å². The Morgan fingerprint density at radius 1 is 1.35 bits per heavy atom. The van der Waals surface area contributed by atoms with Crippen molar-refractivity contribution in [1.82, 2.24) is 0 Å². The minimum Gasteiger partial charge on any atom is -0.389 e. The first kappa shape index (κ1) is 12.7. The van der Waals surface area contributed by atoms with Gasteiger partial charge < -0.3 is 9.94 Å². The van der Waals surface area contributed by atoms with E-state index >= 15 is 0 Å². The molecule has 0 amide bonds. The lowest BCUT2D eigenvalue weighted by Crippen LogP contribution is -2.31. The molecule has 1 aliphatic heterocycles. The van der Waals surface area contributed by atoms with Crippen LogP contribution in [0.25, 0.3) is 0 Å². The summed E-state index contributed by atoms with van der Waals surface area (Å²) in [4.78, 5) is 5.22. The van der Waals surface area contributed by atoms with Crippen molar-refractivity contribution < 1.29 is 9.94 Å². The van der Waals surface area contributed by atoms with Crippen LogP contribution in [0.3, 0.4) is 0 Å². The van der Waals surface area contributed by atoms with E-state index in [-0.39, 0.29) is 12.0 Å². The fourth-order valence-corrected chi connectivity index (χ4v) is 2.56. The van der Waals surface area contributed by atoms with E-state index in [9.17, 15) is 5.11 Å². The van der Waals surface area contributed by atoms with Gasteiger partial charge in [-0.25, -0.2) is 0 Å². The van der Waals surface area contributed by atoms with Crippen LogP contribution in [-0.4, -0.2) is 23.0 Å². The molecule has 0 saturated heterocycles. The van der Waals surface area contributed by atoms with Gasteiger partial charge in [0, 0.05) is 11.5 Å². The predicted octanol–water partition coefficient (Wildman–Crippen LogP) is 3.11. The van der Waals surface area contributed by atoms with E-state index < -0.39 is 6.10 Å². The average Bonchev–Trinajstić information content (AvgIpc) is 2.61. The molecule has 17 heavy (non-hydrogen) atoms. The monoisotopic (exact) mass is 273 g/mol. The van der Waals surface area contributed by atoms with Gasteiger partial charge in [-0.05, 0) is 19.1 Å². The summed E-state index contributed by atoms with van der Waals surface area (Å²) in [5.41, 5.74) is 1.37. The summed E-state index contributed by atoms with van der Waals surface area (Å²) < 4.78 is 0. The van der Waals surface area contributed by atoms with Crippen molar-refractivity contribution in [3.8, 4) is 0 Å². The highest BCUT2D eigenvalue weighted by Gasteiger charge is 2.36. The molecule has 2 rings (SSSR count). The molecule has 0 unspecified atom stereocenters.